The van der Waals surface area contributed by atoms with E-state index in [-0.39, 0.29) is 22.4 Å². The van der Waals surface area contributed by atoms with Crippen molar-refractivity contribution in [3.8, 4) is 5.75 Å². The lowest BCUT2D eigenvalue weighted by molar-refractivity contribution is -0.384. The van der Waals surface area contributed by atoms with Crippen LogP contribution in [0.3, 0.4) is 0 Å². The fraction of sp³-hybridized carbons (Fsp3) is 0.370. The van der Waals surface area contributed by atoms with Gasteiger partial charge in [-0.15, -0.1) is 0 Å². The number of urea groups is 1. The van der Waals surface area contributed by atoms with Crippen LogP contribution in [0.5, 0.6) is 5.75 Å². The largest absolute Gasteiger partial charge is 0.507 e. The number of hydrogen-bond donors (Lipinski definition) is 2. The molecule has 36 heavy (non-hydrogen) atoms. The number of anilines is 1. The molecule has 1 saturated heterocycles. The summed E-state index contributed by atoms with van der Waals surface area (Å²) in [4.78, 5) is 49.7. The summed E-state index contributed by atoms with van der Waals surface area (Å²) in [7, 11) is 0. The van der Waals surface area contributed by atoms with Gasteiger partial charge in [-0.25, -0.2) is 9.69 Å². The van der Waals surface area contributed by atoms with Crippen molar-refractivity contribution in [2.75, 3.05) is 4.90 Å². The predicted molar refractivity (Wildman–Crippen MR) is 130 cm³/mol. The summed E-state index contributed by atoms with van der Waals surface area (Å²) in [5.41, 5.74) is 0.944. The lowest BCUT2D eigenvalue weighted by Gasteiger charge is -2.57. The second-order valence-electron chi connectivity index (χ2n) is 10.7. The summed E-state index contributed by atoms with van der Waals surface area (Å²) < 4.78 is 0. The molecule has 4 saturated carbocycles. The maximum atomic E-state index is 13.2. The first-order valence-corrected chi connectivity index (χ1v) is 12.2. The number of phenols is 1. The van der Waals surface area contributed by atoms with Gasteiger partial charge in [-0.3, -0.25) is 25.0 Å². The second kappa shape index (κ2) is 8.01. The van der Waals surface area contributed by atoms with Gasteiger partial charge < -0.3 is 5.11 Å². The number of nitrogens with zero attached hydrogens (tertiary/aromatic N) is 2. The zero-order valence-electron chi connectivity index (χ0n) is 19.5. The van der Waals surface area contributed by atoms with Gasteiger partial charge in [-0.2, -0.15) is 0 Å². The number of amides is 4. The number of nitrogens with one attached hydrogen (secondary N) is 1. The third-order valence-electron chi connectivity index (χ3n) is 8.40. The zero-order chi connectivity index (χ0) is 25.2. The van der Waals surface area contributed by atoms with Gasteiger partial charge in [0, 0.05) is 17.7 Å². The van der Waals surface area contributed by atoms with Crippen LogP contribution < -0.4 is 10.2 Å². The van der Waals surface area contributed by atoms with Crippen molar-refractivity contribution >= 4 is 35.3 Å². The Hall–Kier alpha value is -4.01. The van der Waals surface area contributed by atoms with Crippen molar-refractivity contribution in [1.82, 2.24) is 5.32 Å². The minimum atomic E-state index is -0.933. The highest BCUT2D eigenvalue weighted by Gasteiger charge is 2.51. The van der Waals surface area contributed by atoms with E-state index in [1.807, 2.05) is 12.1 Å². The highest BCUT2D eigenvalue weighted by atomic mass is 16.6. The third-order valence-corrected chi connectivity index (χ3v) is 8.40. The number of imide groups is 2. The molecule has 0 radical (unpaired) electrons. The van der Waals surface area contributed by atoms with Crippen molar-refractivity contribution in [2.45, 2.75) is 43.9 Å². The Morgan fingerprint density at radius 3 is 2.17 bits per heavy atom. The molecule has 4 aliphatic carbocycles. The lowest BCUT2D eigenvalue weighted by Crippen LogP contribution is -2.54. The SMILES string of the molecule is O=C1NC(=O)N(c2ccc(C34CC5CC(CC(C5)C3)C4)cc2)C(=O)/C1=C/c1cc([N+](=O)[O-])ccc1O. The number of benzene rings is 2. The summed E-state index contributed by atoms with van der Waals surface area (Å²) in [5.74, 6) is 0.226. The number of nitro benzene ring substituents is 1. The van der Waals surface area contributed by atoms with Crippen LogP contribution in [0, 0.1) is 27.9 Å². The Morgan fingerprint density at radius 1 is 0.972 bits per heavy atom. The molecule has 0 unspecified atom stereocenters. The van der Waals surface area contributed by atoms with Crippen LogP contribution in [0.4, 0.5) is 16.2 Å². The van der Waals surface area contributed by atoms with E-state index >= 15 is 0 Å². The van der Waals surface area contributed by atoms with Crippen molar-refractivity contribution in [3.63, 3.8) is 0 Å². The van der Waals surface area contributed by atoms with Crippen molar-refractivity contribution < 1.29 is 24.4 Å². The van der Waals surface area contributed by atoms with Crippen molar-refractivity contribution in [2.24, 2.45) is 17.8 Å². The van der Waals surface area contributed by atoms with Crippen LogP contribution >= 0.6 is 0 Å². The van der Waals surface area contributed by atoms with E-state index in [9.17, 15) is 29.6 Å². The van der Waals surface area contributed by atoms with Crippen LogP contribution in [0.2, 0.25) is 0 Å². The van der Waals surface area contributed by atoms with Crippen molar-refractivity contribution in [1.29, 1.82) is 0 Å². The van der Waals surface area contributed by atoms with Gasteiger partial charge in [0.2, 0.25) is 0 Å². The smallest absolute Gasteiger partial charge is 0.335 e. The number of hydrogen-bond acceptors (Lipinski definition) is 6. The van der Waals surface area contributed by atoms with E-state index in [0.29, 0.717) is 5.69 Å². The van der Waals surface area contributed by atoms with Crippen LogP contribution in [-0.2, 0) is 15.0 Å². The quantitative estimate of drug-likeness (QED) is 0.284. The number of carbonyl (C=O) groups excluding carboxylic acids is 3. The van der Waals surface area contributed by atoms with Gasteiger partial charge in [-0.05, 0) is 91.5 Å². The molecular formula is C27H25N3O6. The molecule has 1 aliphatic heterocycles. The first-order chi connectivity index (χ1) is 17.2. The van der Waals surface area contributed by atoms with Gasteiger partial charge in [0.1, 0.15) is 11.3 Å². The summed E-state index contributed by atoms with van der Waals surface area (Å²) in [6.45, 7) is 0. The molecule has 2 aromatic rings. The van der Waals surface area contributed by atoms with Crippen molar-refractivity contribution in [3.05, 3.63) is 69.3 Å². The molecule has 4 amide bonds. The molecular weight excluding hydrogens is 462 g/mol. The van der Waals surface area contributed by atoms with Gasteiger partial charge >= 0.3 is 6.03 Å². The lowest BCUT2D eigenvalue weighted by atomic mass is 9.48. The van der Waals surface area contributed by atoms with E-state index in [1.54, 1.807) is 12.1 Å². The third kappa shape index (κ3) is 3.57. The number of aromatic hydroxyl groups is 1. The molecule has 9 nitrogen and oxygen atoms in total. The van der Waals surface area contributed by atoms with E-state index in [0.717, 1.165) is 46.9 Å². The predicted octanol–water partition coefficient (Wildman–Crippen LogP) is 4.43. The van der Waals surface area contributed by atoms with E-state index < -0.39 is 28.3 Å². The first-order valence-electron chi connectivity index (χ1n) is 12.2. The van der Waals surface area contributed by atoms with Gasteiger partial charge in [-0.1, -0.05) is 12.1 Å². The van der Waals surface area contributed by atoms with E-state index in [4.69, 9.17) is 0 Å². The summed E-state index contributed by atoms with van der Waals surface area (Å²) in [6.07, 6.45) is 8.64. The maximum Gasteiger partial charge on any atom is 0.335 e. The molecule has 2 aromatic carbocycles. The average molecular weight is 488 g/mol. The highest BCUT2D eigenvalue weighted by Crippen LogP contribution is 2.60. The summed E-state index contributed by atoms with van der Waals surface area (Å²) in [5, 5.41) is 23.4. The van der Waals surface area contributed by atoms with E-state index in [2.05, 4.69) is 5.32 Å². The topological polar surface area (TPSA) is 130 Å². The maximum absolute atomic E-state index is 13.2. The minimum Gasteiger partial charge on any atom is -0.507 e. The average Bonchev–Trinajstić information content (AvgIpc) is 2.82. The van der Waals surface area contributed by atoms with E-state index in [1.165, 1.54) is 44.1 Å². The molecule has 1 heterocycles. The summed E-state index contributed by atoms with van der Waals surface area (Å²) in [6, 6.07) is 9.89. The fourth-order valence-corrected chi connectivity index (χ4v) is 7.25. The number of nitro groups is 1. The Bertz CT molecular complexity index is 1310. The number of barbiturate groups is 1. The Balaban J connectivity index is 1.31. The number of phenolic OH excluding ortho intramolecular Hbond substituents is 1. The summed E-state index contributed by atoms with van der Waals surface area (Å²) >= 11 is 0. The Morgan fingerprint density at radius 2 is 1.58 bits per heavy atom. The van der Waals surface area contributed by atoms with Crippen LogP contribution in [0.1, 0.15) is 49.7 Å². The molecule has 184 valence electrons. The van der Waals surface area contributed by atoms with Gasteiger partial charge in [0.25, 0.3) is 17.5 Å². The second-order valence-corrected chi connectivity index (χ2v) is 10.7. The first kappa shape index (κ1) is 22.5. The standard InChI is InChI=1S/C27H25N3O6/c31-23-6-5-21(30(35)36)10-18(23)11-22-24(32)28-26(34)29(25(22)33)20-3-1-19(2-4-20)27-12-15-7-16(13-27)9-17(8-15)14-27/h1-6,10-11,15-17,31H,7-9,12-14H2,(H,28,32,34)/b22-11+. The molecule has 9 heteroatoms. The molecule has 2 N–H and O–H groups in total. The van der Waals surface area contributed by atoms with Gasteiger partial charge in [0.05, 0.1) is 10.6 Å². The molecule has 7 rings (SSSR count). The van der Waals surface area contributed by atoms with Crippen LogP contribution in [-0.4, -0.2) is 27.9 Å². The zero-order valence-corrected chi connectivity index (χ0v) is 19.5. The number of carbonyl (C=O) groups is 3. The minimum absolute atomic E-state index is 0.0748. The molecule has 0 aromatic heterocycles. The Labute approximate surface area is 206 Å². The number of non-ortho nitro benzene ring substituents is 1. The molecule has 4 bridgehead atoms. The molecule has 5 fully saturated rings. The molecule has 0 spiro atoms. The highest BCUT2D eigenvalue weighted by molar-refractivity contribution is 6.39. The monoisotopic (exact) mass is 487 g/mol. The fourth-order valence-electron chi connectivity index (χ4n) is 7.25. The molecule has 0 atom stereocenters. The Kier molecular flexibility index (Phi) is 5.00. The normalized spacial score (nSPS) is 30.1. The number of rotatable bonds is 4. The van der Waals surface area contributed by atoms with Gasteiger partial charge in [0.15, 0.2) is 0 Å². The van der Waals surface area contributed by atoms with Crippen LogP contribution in [0.15, 0.2) is 48.0 Å². The van der Waals surface area contributed by atoms with Crippen LogP contribution in [0.25, 0.3) is 6.08 Å². The molecule has 5 aliphatic rings.